The number of rotatable bonds is 4. The molecular weight excluding hydrogens is 290 g/mol. The quantitative estimate of drug-likeness (QED) is 0.680. The molecule has 4 nitrogen and oxygen atoms in total. The third-order valence-electron chi connectivity index (χ3n) is 4.36. The number of furan rings is 1. The number of hydrogen-bond donors (Lipinski definition) is 0. The van der Waals surface area contributed by atoms with E-state index in [0.717, 1.165) is 24.2 Å². The second-order valence-electron chi connectivity index (χ2n) is 5.75. The summed E-state index contributed by atoms with van der Waals surface area (Å²) in [6.07, 6.45) is 6.23. The van der Waals surface area contributed by atoms with Crippen LogP contribution in [0, 0.1) is 0 Å². The van der Waals surface area contributed by atoms with E-state index in [9.17, 15) is 4.79 Å². The molecule has 4 heteroatoms. The lowest BCUT2D eigenvalue weighted by Crippen LogP contribution is -2.07. The summed E-state index contributed by atoms with van der Waals surface area (Å²) >= 11 is 0. The van der Waals surface area contributed by atoms with E-state index in [1.54, 1.807) is 12.3 Å². The van der Waals surface area contributed by atoms with Gasteiger partial charge >= 0.3 is 6.47 Å². The van der Waals surface area contributed by atoms with Crippen LogP contribution < -0.4 is 4.74 Å². The van der Waals surface area contributed by atoms with Crippen LogP contribution in [0.2, 0.25) is 0 Å². The monoisotopic (exact) mass is 307 g/mol. The molecular formula is C19H17NO3. The van der Waals surface area contributed by atoms with Crippen molar-refractivity contribution in [3.63, 3.8) is 0 Å². The van der Waals surface area contributed by atoms with Crippen LogP contribution in [-0.2, 0) is 17.6 Å². The van der Waals surface area contributed by atoms with Crippen LogP contribution in [0.5, 0.6) is 5.95 Å². The van der Waals surface area contributed by atoms with Crippen LogP contribution in [0.1, 0.15) is 24.1 Å². The van der Waals surface area contributed by atoms with E-state index in [-0.39, 0.29) is 5.95 Å². The number of aryl methyl sites for hydroxylation is 1. The maximum absolute atomic E-state index is 10.5. The van der Waals surface area contributed by atoms with Gasteiger partial charge in [0.05, 0.1) is 11.4 Å². The number of hydrogen-bond acceptors (Lipinski definition) is 3. The van der Waals surface area contributed by atoms with Gasteiger partial charge in [0.25, 0.3) is 5.95 Å². The van der Waals surface area contributed by atoms with Crippen molar-refractivity contribution in [1.82, 2.24) is 4.57 Å². The maximum atomic E-state index is 10.5. The van der Waals surface area contributed by atoms with Gasteiger partial charge in [0.2, 0.25) is 0 Å². The topological polar surface area (TPSA) is 44.4 Å². The lowest BCUT2D eigenvalue weighted by atomic mass is 9.98. The summed E-state index contributed by atoms with van der Waals surface area (Å²) in [5.41, 5.74) is 5.93. The van der Waals surface area contributed by atoms with Crippen molar-refractivity contribution >= 4 is 6.47 Å². The molecule has 0 atom stereocenters. The Balaban J connectivity index is 1.89. The number of aromatic nitrogens is 1. The third kappa shape index (κ3) is 2.46. The van der Waals surface area contributed by atoms with Crippen LogP contribution in [0.4, 0.5) is 0 Å². The average molecular weight is 307 g/mol. The van der Waals surface area contributed by atoms with Gasteiger partial charge in [0.1, 0.15) is 6.26 Å². The highest BCUT2D eigenvalue weighted by Crippen LogP contribution is 2.35. The molecule has 4 rings (SSSR count). The van der Waals surface area contributed by atoms with E-state index in [4.69, 9.17) is 9.15 Å². The van der Waals surface area contributed by atoms with Gasteiger partial charge in [0, 0.05) is 11.8 Å². The summed E-state index contributed by atoms with van der Waals surface area (Å²) in [6.45, 7) is 0.381. The van der Waals surface area contributed by atoms with Crippen molar-refractivity contribution in [2.24, 2.45) is 0 Å². The molecule has 23 heavy (non-hydrogen) atoms. The molecule has 0 saturated carbocycles. The van der Waals surface area contributed by atoms with Crippen molar-refractivity contribution in [3.8, 4) is 22.9 Å². The largest absolute Gasteiger partial charge is 0.432 e. The predicted molar refractivity (Wildman–Crippen MR) is 86.8 cm³/mol. The molecule has 0 aliphatic heterocycles. The molecule has 0 fully saturated rings. The van der Waals surface area contributed by atoms with E-state index >= 15 is 0 Å². The highest BCUT2D eigenvalue weighted by atomic mass is 16.6. The van der Waals surface area contributed by atoms with Crippen molar-refractivity contribution in [2.75, 3.05) is 0 Å². The lowest BCUT2D eigenvalue weighted by molar-refractivity contribution is -0.121. The lowest BCUT2D eigenvalue weighted by Gasteiger charge is -2.15. The van der Waals surface area contributed by atoms with E-state index in [1.807, 2.05) is 18.2 Å². The Bertz CT molecular complexity index is 830. The predicted octanol–water partition coefficient (Wildman–Crippen LogP) is 4.15. The number of carbonyl (C=O) groups is 1. The molecule has 1 aromatic carbocycles. The Morgan fingerprint density at radius 1 is 1.09 bits per heavy atom. The zero-order chi connectivity index (χ0) is 15.6. The molecule has 1 aliphatic rings. The standard InChI is InChI=1S/C19H17NO3/c21-13-23-19-11-16(12-22-19)20-17-9-5-4-8-15(17)10-18(20)14-6-2-1-3-7-14/h1-3,6-7,10-13H,4-5,8-9H2. The molecule has 0 amide bonds. The van der Waals surface area contributed by atoms with Crippen LogP contribution in [0.15, 0.2) is 53.1 Å². The summed E-state index contributed by atoms with van der Waals surface area (Å²) < 4.78 is 12.4. The fourth-order valence-corrected chi connectivity index (χ4v) is 3.35. The minimum absolute atomic E-state index is 0.215. The minimum atomic E-state index is 0.215. The van der Waals surface area contributed by atoms with Gasteiger partial charge in [-0.3, -0.25) is 4.79 Å². The first-order valence-corrected chi connectivity index (χ1v) is 7.85. The Hall–Kier alpha value is -2.75. The van der Waals surface area contributed by atoms with Crippen LogP contribution in [-0.4, -0.2) is 11.0 Å². The summed E-state index contributed by atoms with van der Waals surface area (Å²) in [7, 11) is 0. The second kappa shape index (κ2) is 5.80. The molecule has 2 heterocycles. The number of carbonyl (C=O) groups excluding carboxylic acids is 1. The summed E-state index contributed by atoms with van der Waals surface area (Å²) in [5.74, 6) is 0.215. The number of nitrogens with zero attached hydrogens (tertiary/aromatic N) is 1. The fraction of sp³-hybridized carbons (Fsp3) is 0.211. The number of ether oxygens (including phenoxy) is 1. The van der Waals surface area contributed by atoms with E-state index < -0.39 is 0 Å². The van der Waals surface area contributed by atoms with Crippen molar-refractivity contribution in [3.05, 3.63) is 60.0 Å². The van der Waals surface area contributed by atoms with E-state index in [2.05, 4.69) is 22.8 Å². The molecule has 0 N–H and O–H groups in total. The van der Waals surface area contributed by atoms with Gasteiger partial charge in [-0.05, 0) is 42.9 Å². The highest BCUT2D eigenvalue weighted by molar-refractivity contribution is 5.66. The Morgan fingerprint density at radius 2 is 1.91 bits per heavy atom. The molecule has 0 radical (unpaired) electrons. The SMILES string of the molecule is O=COc1cc(-n2c(-c3ccccc3)cc3c2CCCC3)co1. The van der Waals surface area contributed by atoms with Gasteiger partial charge in [-0.25, -0.2) is 0 Å². The summed E-state index contributed by atoms with van der Waals surface area (Å²) in [6, 6.07) is 14.4. The van der Waals surface area contributed by atoms with Gasteiger partial charge < -0.3 is 13.7 Å². The minimum Gasteiger partial charge on any atom is -0.432 e. The zero-order valence-electron chi connectivity index (χ0n) is 12.7. The molecule has 0 spiro atoms. The molecule has 116 valence electrons. The molecule has 0 saturated heterocycles. The van der Waals surface area contributed by atoms with Crippen LogP contribution in [0.3, 0.4) is 0 Å². The smallest absolute Gasteiger partial charge is 0.300 e. The van der Waals surface area contributed by atoms with Gasteiger partial charge in [-0.1, -0.05) is 30.3 Å². The molecule has 2 aromatic heterocycles. The molecule has 0 bridgehead atoms. The summed E-state index contributed by atoms with van der Waals surface area (Å²) in [4.78, 5) is 10.5. The Morgan fingerprint density at radius 3 is 2.74 bits per heavy atom. The van der Waals surface area contributed by atoms with Crippen molar-refractivity contribution in [2.45, 2.75) is 25.7 Å². The fourth-order valence-electron chi connectivity index (χ4n) is 3.35. The third-order valence-corrected chi connectivity index (χ3v) is 4.36. The first-order chi connectivity index (χ1) is 11.4. The highest BCUT2D eigenvalue weighted by Gasteiger charge is 2.21. The van der Waals surface area contributed by atoms with Crippen LogP contribution in [0.25, 0.3) is 16.9 Å². The Kier molecular flexibility index (Phi) is 3.50. The van der Waals surface area contributed by atoms with Gasteiger partial charge in [-0.2, -0.15) is 0 Å². The summed E-state index contributed by atoms with van der Waals surface area (Å²) in [5, 5.41) is 0. The normalized spacial score (nSPS) is 13.6. The van der Waals surface area contributed by atoms with E-state index in [1.165, 1.54) is 29.7 Å². The first-order valence-electron chi connectivity index (χ1n) is 7.85. The molecule has 3 aromatic rings. The maximum Gasteiger partial charge on any atom is 0.300 e. The second-order valence-corrected chi connectivity index (χ2v) is 5.75. The van der Waals surface area contributed by atoms with Crippen molar-refractivity contribution < 1.29 is 13.9 Å². The Labute approximate surface area is 134 Å². The van der Waals surface area contributed by atoms with Crippen LogP contribution >= 0.6 is 0 Å². The van der Waals surface area contributed by atoms with Gasteiger partial charge in [0.15, 0.2) is 0 Å². The molecule has 0 unspecified atom stereocenters. The number of benzene rings is 1. The first kappa shape index (κ1) is 13.9. The van der Waals surface area contributed by atoms with Gasteiger partial charge in [-0.15, -0.1) is 0 Å². The number of fused-ring (bicyclic) bond motifs is 1. The van der Waals surface area contributed by atoms with E-state index in [0.29, 0.717) is 6.47 Å². The molecule has 1 aliphatic carbocycles. The van der Waals surface area contributed by atoms with Crippen molar-refractivity contribution in [1.29, 1.82) is 0 Å². The average Bonchev–Trinajstić information content (AvgIpc) is 3.20. The zero-order valence-corrected chi connectivity index (χ0v) is 12.7.